The second-order valence-corrected chi connectivity index (χ2v) is 6.96. The molecule has 1 amide bonds. The number of benzene rings is 1. The molecule has 0 atom stereocenters. The van der Waals surface area contributed by atoms with E-state index in [9.17, 15) is 9.59 Å². The van der Waals surface area contributed by atoms with Gasteiger partial charge in [-0.1, -0.05) is 30.3 Å². The third-order valence-electron chi connectivity index (χ3n) is 4.84. The number of amides is 1. The summed E-state index contributed by atoms with van der Waals surface area (Å²) >= 11 is 0. The third kappa shape index (κ3) is 4.03. The molecule has 0 aliphatic heterocycles. The Morgan fingerprint density at radius 1 is 1.03 bits per heavy atom. The van der Waals surface area contributed by atoms with E-state index in [2.05, 4.69) is 9.97 Å². The molecular formula is C24H20N4O2. The molecule has 0 N–H and O–H groups in total. The summed E-state index contributed by atoms with van der Waals surface area (Å²) in [5, 5.41) is 0. The van der Waals surface area contributed by atoms with Crippen molar-refractivity contribution in [2.24, 2.45) is 0 Å². The van der Waals surface area contributed by atoms with E-state index in [1.54, 1.807) is 28.9 Å². The van der Waals surface area contributed by atoms with Crippen LogP contribution in [-0.4, -0.2) is 32.0 Å². The molecule has 0 radical (unpaired) electrons. The number of carbonyl (C=O) groups excluding carboxylic acids is 2. The van der Waals surface area contributed by atoms with Gasteiger partial charge in [-0.25, -0.2) is 4.98 Å². The SMILES string of the molecule is Cc1cncc(-c2ccccc2)c1/C=C\N(C=O)Cc1cn2cc(C=O)ccc2n1. The van der Waals surface area contributed by atoms with Gasteiger partial charge in [-0.3, -0.25) is 14.6 Å². The Morgan fingerprint density at radius 3 is 2.63 bits per heavy atom. The molecule has 0 bridgehead atoms. The molecule has 30 heavy (non-hydrogen) atoms. The Bertz CT molecular complexity index is 1230. The van der Waals surface area contributed by atoms with Crippen LogP contribution in [0.3, 0.4) is 0 Å². The second kappa shape index (κ2) is 8.53. The standard InChI is InChI=1S/C24H20N4O2/c1-18-11-25-12-23(20-5-3-2-4-6-20)22(18)9-10-27(17-30)14-21-15-28-13-19(16-29)7-8-24(28)26-21/h2-13,15-17H,14H2,1H3/b10-9-. The van der Waals surface area contributed by atoms with Gasteiger partial charge in [0, 0.05) is 42.1 Å². The quantitative estimate of drug-likeness (QED) is 0.440. The number of imidazole rings is 1. The van der Waals surface area contributed by atoms with Gasteiger partial charge in [0.15, 0.2) is 6.29 Å². The lowest BCUT2D eigenvalue weighted by atomic mass is 9.99. The highest BCUT2D eigenvalue weighted by atomic mass is 16.1. The lowest BCUT2D eigenvalue weighted by Crippen LogP contribution is -2.14. The van der Waals surface area contributed by atoms with Gasteiger partial charge in [-0.05, 0) is 41.8 Å². The first-order chi connectivity index (χ1) is 14.7. The maximum Gasteiger partial charge on any atom is 0.214 e. The fraction of sp³-hybridized carbons (Fsp3) is 0.0833. The third-order valence-corrected chi connectivity index (χ3v) is 4.84. The minimum absolute atomic E-state index is 0.322. The summed E-state index contributed by atoms with van der Waals surface area (Å²) in [5.41, 5.74) is 6.12. The topological polar surface area (TPSA) is 67.6 Å². The van der Waals surface area contributed by atoms with E-state index in [1.807, 2.05) is 61.9 Å². The maximum absolute atomic E-state index is 11.7. The normalized spacial score (nSPS) is 11.1. The van der Waals surface area contributed by atoms with Crippen LogP contribution in [0.1, 0.15) is 27.2 Å². The van der Waals surface area contributed by atoms with Gasteiger partial charge in [0.25, 0.3) is 0 Å². The molecule has 1 aromatic carbocycles. The van der Waals surface area contributed by atoms with Crippen molar-refractivity contribution in [3.05, 3.63) is 95.8 Å². The molecule has 3 heterocycles. The van der Waals surface area contributed by atoms with Gasteiger partial charge in [0.05, 0.1) is 12.2 Å². The molecule has 6 heteroatoms. The van der Waals surface area contributed by atoms with Crippen LogP contribution < -0.4 is 0 Å². The average molecular weight is 396 g/mol. The van der Waals surface area contributed by atoms with Gasteiger partial charge in [-0.2, -0.15) is 0 Å². The maximum atomic E-state index is 11.7. The van der Waals surface area contributed by atoms with E-state index in [4.69, 9.17) is 0 Å². The minimum Gasteiger partial charge on any atom is -0.316 e. The number of aldehydes is 1. The molecule has 0 saturated carbocycles. The highest BCUT2D eigenvalue weighted by Gasteiger charge is 2.09. The number of pyridine rings is 2. The lowest BCUT2D eigenvalue weighted by molar-refractivity contribution is -0.116. The van der Waals surface area contributed by atoms with Crippen molar-refractivity contribution in [2.45, 2.75) is 13.5 Å². The van der Waals surface area contributed by atoms with Gasteiger partial charge >= 0.3 is 0 Å². The fourth-order valence-corrected chi connectivity index (χ4v) is 3.33. The summed E-state index contributed by atoms with van der Waals surface area (Å²) in [4.78, 5) is 33.0. The van der Waals surface area contributed by atoms with Gasteiger partial charge in [0.1, 0.15) is 5.65 Å². The Balaban J connectivity index is 1.60. The summed E-state index contributed by atoms with van der Waals surface area (Å²) in [5.74, 6) is 0. The second-order valence-electron chi connectivity index (χ2n) is 6.96. The summed E-state index contributed by atoms with van der Waals surface area (Å²) in [7, 11) is 0. The molecule has 4 aromatic rings. The van der Waals surface area contributed by atoms with E-state index in [1.165, 1.54) is 4.90 Å². The zero-order valence-electron chi connectivity index (χ0n) is 16.5. The molecule has 0 saturated heterocycles. The van der Waals surface area contributed by atoms with Crippen LogP contribution in [0.15, 0.2) is 73.5 Å². The van der Waals surface area contributed by atoms with Gasteiger partial charge in [-0.15, -0.1) is 0 Å². The lowest BCUT2D eigenvalue weighted by Gasteiger charge is -2.12. The highest BCUT2D eigenvalue weighted by Crippen LogP contribution is 2.26. The molecule has 0 unspecified atom stereocenters. The molecule has 0 aliphatic rings. The van der Waals surface area contributed by atoms with Gasteiger partial charge < -0.3 is 9.30 Å². The van der Waals surface area contributed by atoms with E-state index in [0.717, 1.165) is 46.3 Å². The van der Waals surface area contributed by atoms with Crippen LogP contribution in [0.4, 0.5) is 0 Å². The minimum atomic E-state index is 0.322. The zero-order valence-corrected chi connectivity index (χ0v) is 16.5. The number of aromatic nitrogens is 3. The van der Waals surface area contributed by atoms with Crippen molar-refractivity contribution < 1.29 is 9.59 Å². The fourth-order valence-electron chi connectivity index (χ4n) is 3.33. The molecule has 0 spiro atoms. The number of hydrogen-bond donors (Lipinski definition) is 0. The highest BCUT2D eigenvalue weighted by molar-refractivity contribution is 5.76. The van der Waals surface area contributed by atoms with E-state index < -0.39 is 0 Å². The molecular weight excluding hydrogens is 376 g/mol. The number of carbonyl (C=O) groups is 2. The first kappa shape index (κ1) is 19.3. The molecule has 4 rings (SSSR count). The Kier molecular flexibility index (Phi) is 5.48. The van der Waals surface area contributed by atoms with Crippen molar-refractivity contribution in [3.8, 4) is 11.1 Å². The van der Waals surface area contributed by atoms with Crippen molar-refractivity contribution in [3.63, 3.8) is 0 Å². The molecule has 0 aliphatic carbocycles. The summed E-state index contributed by atoms with van der Waals surface area (Å²) in [6, 6.07) is 13.5. The summed E-state index contributed by atoms with van der Waals surface area (Å²) in [6.45, 7) is 2.32. The number of hydrogen-bond acceptors (Lipinski definition) is 4. The van der Waals surface area contributed by atoms with Crippen LogP contribution >= 0.6 is 0 Å². The van der Waals surface area contributed by atoms with Crippen LogP contribution in [-0.2, 0) is 11.3 Å². The van der Waals surface area contributed by atoms with E-state index in [0.29, 0.717) is 12.1 Å². The van der Waals surface area contributed by atoms with Crippen molar-refractivity contribution in [1.29, 1.82) is 0 Å². The summed E-state index contributed by atoms with van der Waals surface area (Å²) < 4.78 is 1.78. The van der Waals surface area contributed by atoms with E-state index >= 15 is 0 Å². The first-order valence-corrected chi connectivity index (χ1v) is 9.50. The Labute approximate surface area is 174 Å². The van der Waals surface area contributed by atoms with Crippen LogP contribution in [0, 0.1) is 6.92 Å². The molecule has 0 fully saturated rings. The summed E-state index contributed by atoms with van der Waals surface area (Å²) in [6.07, 6.45) is 12.4. The number of rotatable bonds is 7. The Morgan fingerprint density at radius 2 is 1.87 bits per heavy atom. The monoisotopic (exact) mass is 396 g/mol. The van der Waals surface area contributed by atoms with Crippen molar-refractivity contribution in [2.75, 3.05) is 0 Å². The largest absolute Gasteiger partial charge is 0.316 e. The average Bonchev–Trinajstić information content (AvgIpc) is 3.19. The number of nitrogens with zero attached hydrogens (tertiary/aromatic N) is 4. The Hall–Kier alpha value is -4.06. The van der Waals surface area contributed by atoms with Crippen LogP contribution in [0.5, 0.6) is 0 Å². The van der Waals surface area contributed by atoms with Crippen molar-refractivity contribution >= 4 is 24.4 Å². The predicted octanol–water partition coefficient (Wildman–Crippen LogP) is 4.15. The zero-order chi connectivity index (χ0) is 20.9. The predicted molar refractivity (Wildman–Crippen MR) is 116 cm³/mol. The number of fused-ring (bicyclic) bond motifs is 1. The number of aryl methyl sites for hydroxylation is 1. The first-order valence-electron chi connectivity index (χ1n) is 9.50. The van der Waals surface area contributed by atoms with E-state index in [-0.39, 0.29) is 0 Å². The molecule has 148 valence electrons. The van der Waals surface area contributed by atoms with Crippen LogP contribution in [0.25, 0.3) is 22.9 Å². The van der Waals surface area contributed by atoms with Crippen LogP contribution in [0.2, 0.25) is 0 Å². The van der Waals surface area contributed by atoms with Gasteiger partial charge in [0.2, 0.25) is 6.41 Å². The van der Waals surface area contributed by atoms with Crippen molar-refractivity contribution in [1.82, 2.24) is 19.3 Å². The smallest absolute Gasteiger partial charge is 0.214 e. The molecule has 3 aromatic heterocycles. The molecule has 6 nitrogen and oxygen atoms in total.